The average Bonchev–Trinajstić information content (AvgIpc) is 2.96. The third kappa shape index (κ3) is 2.47. The van der Waals surface area contributed by atoms with Gasteiger partial charge in [0.25, 0.3) is 10.0 Å². The van der Waals surface area contributed by atoms with Gasteiger partial charge in [-0.2, -0.15) is 4.31 Å². The summed E-state index contributed by atoms with van der Waals surface area (Å²) in [5, 5.41) is 0. The van der Waals surface area contributed by atoms with Crippen LogP contribution in [0.1, 0.15) is 36.1 Å². The first kappa shape index (κ1) is 14.0. The molecule has 1 aliphatic rings. The molecule has 1 fully saturated rings. The molecule has 4 nitrogen and oxygen atoms in total. The van der Waals surface area contributed by atoms with Gasteiger partial charge in [-0.1, -0.05) is 12.8 Å². The van der Waals surface area contributed by atoms with Crippen LogP contribution in [0.3, 0.4) is 0 Å². The van der Waals surface area contributed by atoms with Crippen LogP contribution >= 0.6 is 11.3 Å². The van der Waals surface area contributed by atoms with E-state index < -0.39 is 10.0 Å². The normalized spacial score (nSPS) is 17.8. The minimum atomic E-state index is -3.34. The Morgan fingerprint density at radius 2 is 2.06 bits per heavy atom. The Kier molecular flexibility index (Phi) is 4.11. The summed E-state index contributed by atoms with van der Waals surface area (Å²) < 4.78 is 27.0. The molecule has 18 heavy (non-hydrogen) atoms. The van der Waals surface area contributed by atoms with Crippen molar-refractivity contribution >= 4 is 21.4 Å². The van der Waals surface area contributed by atoms with Crippen LogP contribution in [-0.2, 0) is 16.6 Å². The first-order valence-electron chi connectivity index (χ1n) is 6.24. The van der Waals surface area contributed by atoms with Gasteiger partial charge in [-0.05, 0) is 31.4 Å². The van der Waals surface area contributed by atoms with Gasteiger partial charge in [0, 0.05) is 24.5 Å². The summed E-state index contributed by atoms with van der Waals surface area (Å²) in [6.45, 7) is 2.31. The minimum absolute atomic E-state index is 0.165. The molecule has 0 unspecified atom stereocenters. The van der Waals surface area contributed by atoms with Crippen molar-refractivity contribution in [3.63, 3.8) is 0 Å². The number of thiophene rings is 1. The lowest BCUT2D eigenvalue weighted by atomic mass is 10.3. The summed E-state index contributed by atoms with van der Waals surface area (Å²) in [4.78, 5) is 0.952. The van der Waals surface area contributed by atoms with E-state index in [0.717, 1.165) is 36.1 Å². The molecule has 0 spiro atoms. The molecule has 0 aromatic carbocycles. The molecule has 102 valence electrons. The van der Waals surface area contributed by atoms with Crippen LogP contribution in [0.25, 0.3) is 0 Å². The fourth-order valence-electron chi connectivity index (χ4n) is 2.42. The highest BCUT2D eigenvalue weighted by atomic mass is 32.2. The molecule has 6 heteroatoms. The SMILES string of the molecule is Cc1cc(S(=O)(=O)N(C)C2CCCC2)sc1CN. The second-order valence-corrected chi connectivity index (χ2v) is 8.20. The molecule has 0 amide bonds. The highest BCUT2D eigenvalue weighted by Crippen LogP contribution is 2.31. The number of hydrogen-bond donors (Lipinski definition) is 1. The van der Waals surface area contributed by atoms with Crippen LogP contribution in [0.15, 0.2) is 10.3 Å². The van der Waals surface area contributed by atoms with Gasteiger partial charge in [-0.15, -0.1) is 11.3 Å². The molecule has 0 radical (unpaired) electrons. The molecule has 2 rings (SSSR count). The van der Waals surface area contributed by atoms with Crippen molar-refractivity contribution in [2.45, 2.75) is 49.4 Å². The maximum absolute atomic E-state index is 12.5. The van der Waals surface area contributed by atoms with Crippen molar-refractivity contribution in [1.29, 1.82) is 0 Å². The number of rotatable bonds is 4. The lowest BCUT2D eigenvalue weighted by Gasteiger charge is -2.22. The van der Waals surface area contributed by atoms with E-state index in [-0.39, 0.29) is 6.04 Å². The highest BCUT2D eigenvalue weighted by molar-refractivity contribution is 7.91. The van der Waals surface area contributed by atoms with Gasteiger partial charge in [0.2, 0.25) is 0 Å². The third-order valence-corrected chi connectivity index (χ3v) is 7.27. The predicted molar refractivity (Wildman–Crippen MR) is 74.2 cm³/mol. The molecule has 0 bridgehead atoms. The molecule has 1 aliphatic carbocycles. The van der Waals surface area contributed by atoms with Crippen molar-refractivity contribution < 1.29 is 8.42 Å². The molecule has 1 aromatic rings. The Balaban J connectivity index is 2.28. The molecule has 0 atom stereocenters. The number of nitrogens with zero attached hydrogens (tertiary/aromatic N) is 1. The summed E-state index contributed by atoms with van der Waals surface area (Å²) in [5.74, 6) is 0. The van der Waals surface area contributed by atoms with Gasteiger partial charge >= 0.3 is 0 Å². The maximum atomic E-state index is 12.5. The van der Waals surface area contributed by atoms with Crippen LogP contribution in [0.5, 0.6) is 0 Å². The lowest BCUT2D eigenvalue weighted by molar-refractivity contribution is 0.374. The topological polar surface area (TPSA) is 63.4 Å². The standard InChI is InChI=1S/C12H20N2O2S2/c1-9-7-12(17-11(9)8-13)18(15,16)14(2)10-5-3-4-6-10/h7,10H,3-6,8,13H2,1-2H3. The van der Waals surface area contributed by atoms with E-state index in [4.69, 9.17) is 5.73 Å². The van der Waals surface area contributed by atoms with E-state index in [1.165, 1.54) is 11.3 Å². The summed E-state index contributed by atoms with van der Waals surface area (Å²) in [7, 11) is -1.64. The zero-order valence-corrected chi connectivity index (χ0v) is 12.5. The van der Waals surface area contributed by atoms with Crippen LogP contribution in [0.4, 0.5) is 0 Å². The Hall–Kier alpha value is -0.430. The largest absolute Gasteiger partial charge is 0.326 e. The second kappa shape index (κ2) is 5.28. The Morgan fingerprint density at radius 3 is 2.56 bits per heavy atom. The first-order chi connectivity index (χ1) is 8.46. The molecular weight excluding hydrogens is 268 g/mol. The van der Waals surface area contributed by atoms with Gasteiger partial charge in [0.1, 0.15) is 4.21 Å². The molecule has 2 N–H and O–H groups in total. The van der Waals surface area contributed by atoms with Gasteiger partial charge in [-0.25, -0.2) is 8.42 Å². The number of sulfonamides is 1. The van der Waals surface area contributed by atoms with Crippen molar-refractivity contribution in [3.05, 3.63) is 16.5 Å². The summed E-state index contributed by atoms with van der Waals surface area (Å²) in [6, 6.07) is 1.91. The van der Waals surface area contributed by atoms with Gasteiger partial charge < -0.3 is 5.73 Å². The smallest absolute Gasteiger partial charge is 0.252 e. The average molecular weight is 288 g/mol. The van der Waals surface area contributed by atoms with Crippen molar-refractivity contribution in [2.75, 3.05) is 7.05 Å². The summed E-state index contributed by atoms with van der Waals surface area (Å²) in [5.41, 5.74) is 6.58. The third-order valence-electron chi connectivity index (χ3n) is 3.66. The van der Waals surface area contributed by atoms with Gasteiger partial charge in [0.05, 0.1) is 0 Å². The van der Waals surface area contributed by atoms with E-state index in [2.05, 4.69) is 0 Å². The fourth-order valence-corrected chi connectivity index (χ4v) is 5.49. The summed E-state index contributed by atoms with van der Waals surface area (Å²) in [6.07, 6.45) is 4.21. The summed E-state index contributed by atoms with van der Waals surface area (Å²) >= 11 is 1.30. The van der Waals surface area contributed by atoms with Crippen molar-refractivity contribution in [1.82, 2.24) is 4.31 Å². The van der Waals surface area contributed by atoms with Gasteiger partial charge in [-0.3, -0.25) is 0 Å². The number of hydrogen-bond acceptors (Lipinski definition) is 4. The lowest BCUT2D eigenvalue weighted by Crippen LogP contribution is -2.34. The number of aryl methyl sites for hydroxylation is 1. The van der Waals surface area contributed by atoms with Crippen LogP contribution in [-0.4, -0.2) is 25.8 Å². The number of nitrogens with two attached hydrogens (primary N) is 1. The first-order valence-corrected chi connectivity index (χ1v) is 8.50. The van der Waals surface area contributed by atoms with Crippen LogP contribution in [0.2, 0.25) is 0 Å². The Bertz CT molecular complexity index is 516. The highest BCUT2D eigenvalue weighted by Gasteiger charge is 2.31. The minimum Gasteiger partial charge on any atom is -0.326 e. The molecule has 1 heterocycles. The van der Waals surface area contributed by atoms with E-state index in [1.54, 1.807) is 17.4 Å². The van der Waals surface area contributed by atoms with E-state index in [0.29, 0.717) is 10.8 Å². The second-order valence-electron chi connectivity index (χ2n) is 4.84. The van der Waals surface area contributed by atoms with Crippen molar-refractivity contribution in [3.8, 4) is 0 Å². The predicted octanol–water partition coefficient (Wildman–Crippen LogP) is 2.08. The monoisotopic (exact) mass is 288 g/mol. The Morgan fingerprint density at radius 1 is 1.44 bits per heavy atom. The zero-order valence-electron chi connectivity index (χ0n) is 10.8. The molecule has 1 aromatic heterocycles. The zero-order chi connectivity index (χ0) is 13.3. The van der Waals surface area contributed by atoms with E-state index in [1.807, 2.05) is 6.92 Å². The van der Waals surface area contributed by atoms with Gasteiger partial charge in [0.15, 0.2) is 0 Å². The van der Waals surface area contributed by atoms with E-state index in [9.17, 15) is 8.42 Å². The molecule has 1 saturated carbocycles. The Labute approximate surface area is 113 Å². The van der Waals surface area contributed by atoms with E-state index >= 15 is 0 Å². The molecule has 0 aliphatic heterocycles. The van der Waals surface area contributed by atoms with Crippen LogP contribution < -0.4 is 5.73 Å². The fraction of sp³-hybridized carbons (Fsp3) is 0.667. The molecule has 0 saturated heterocycles. The van der Waals surface area contributed by atoms with Crippen molar-refractivity contribution in [2.24, 2.45) is 5.73 Å². The molecular formula is C12H20N2O2S2. The van der Waals surface area contributed by atoms with Crippen LogP contribution in [0, 0.1) is 6.92 Å². The quantitative estimate of drug-likeness (QED) is 0.922. The maximum Gasteiger partial charge on any atom is 0.252 e.